The lowest BCUT2D eigenvalue weighted by atomic mass is 10.1. The van der Waals surface area contributed by atoms with Crippen LogP contribution in [0.2, 0.25) is 0 Å². The van der Waals surface area contributed by atoms with Crippen LogP contribution in [0.4, 0.5) is 11.5 Å². The molecule has 3 heterocycles. The van der Waals surface area contributed by atoms with Crippen LogP contribution in [0, 0.1) is 5.92 Å². The summed E-state index contributed by atoms with van der Waals surface area (Å²) >= 11 is 0. The Labute approximate surface area is 173 Å². The van der Waals surface area contributed by atoms with Crippen LogP contribution < -0.4 is 10.6 Å². The number of hydrogen-bond acceptors (Lipinski definition) is 7. The second-order valence-corrected chi connectivity index (χ2v) is 7.32. The molecule has 30 heavy (non-hydrogen) atoms. The van der Waals surface area contributed by atoms with E-state index in [9.17, 15) is 9.59 Å². The first-order chi connectivity index (χ1) is 14.6. The predicted octanol–water partition coefficient (Wildman–Crippen LogP) is 1.96. The molecule has 1 aliphatic heterocycles. The van der Waals surface area contributed by atoms with Crippen LogP contribution in [0.25, 0.3) is 11.2 Å². The molecule has 0 spiro atoms. The van der Waals surface area contributed by atoms with E-state index >= 15 is 0 Å². The number of carbonyl (C=O) groups excluding carboxylic acids is 2. The summed E-state index contributed by atoms with van der Waals surface area (Å²) in [6.45, 7) is 3.28. The Hall–Kier alpha value is -3.49. The number of aromatic nitrogens is 4. The number of nitrogen functional groups attached to an aromatic ring is 1. The topological polar surface area (TPSA) is 116 Å². The Morgan fingerprint density at radius 1 is 1.23 bits per heavy atom. The fourth-order valence-corrected chi connectivity index (χ4v) is 3.61. The Balaban J connectivity index is 1.28. The Morgan fingerprint density at radius 3 is 2.80 bits per heavy atom. The Kier molecular flexibility index (Phi) is 5.60. The van der Waals surface area contributed by atoms with Gasteiger partial charge < -0.3 is 19.9 Å². The first kappa shape index (κ1) is 19.8. The molecule has 0 saturated carbocycles. The quantitative estimate of drug-likeness (QED) is 0.469. The van der Waals surface area contributed by atoms with E-state index in [0.29, 0.717) is 36.5 Å². The van der Waals surface area contributed by atoms with Gasteiger partial charge in [-0.25, -0.2) is 15.0 Å². The molecule has 3 aromatic rings. The van der Waals surface area contributed by atoms with E-state index in [4.69, 9.17) is 10.5 Å². The summed E-state index contributed by atoms with van der Waals surface area (Å²) in [5.74, 6) is -0.489. The average molecular weight is 408 g/mol. The number of fused-ring (bicyclic) bond motifs is 1. The van der Waals surface area contributed by atoms with Crippen LogP contribution in [-0.4, -0.2) is 44.5 Å². The molecule has 1 saturated heterocycles. The highest BCUT2D eigenvalue weighted by Gasteiger charge is 2.36. The van der Waals surface area contributed by atoms with Crippen molar-refractivity contribution in [2.24, 2.45) is 5.92 Å². The number of anilines is 2. The van der Waals surface area contributed by atoms with E-state index in [2.05, 4.69) is 21.9 Å². The summed E-state index contributed by atoms with van der Waals surface area (Å²) < 4.78 is 7.27. The minimum atomic E-state index is -0.440. The van der Waals surface area contributed by atoms with E-state index in [1.54, 1.807) is 11.2 Å². The fraction of sp³-hybridized carbons (Fsp3) is 0.381. The molecule has 0 bridgehead atoms. The van der Waals surface area contributed by atoms with Crippen molar-refractivity contribution in [3.8, 4) is 0 Å². The molecule has 1 atom stereocenters. The van der Waals surface area contributed by atoms with Crippen molar-refractivity contribution in [3.05, 3.63) is 42.5 Å². The summed E-state index contributed by atoms with van der Waals surface area (Å²) in [4.78, 5) is 38.8. The third kappa shape index (κ3) is 3.96. The summed E-state index contributed by atoms with van der Waals surface area (Å²) in [5, 5.41) is 0. The molecule has 0 aliphatic carbocycles. The van der Waals surface area contributed by atoms with Crippen molar-refractivity contribution in [1.29, 1.82) is 0 Å². The number of esters is 1. The van der Waals surface area contributed by atoms with Gasteiger partial charge in [-0.15, -0.1) is 0 Å². The smallest absolute Gasteiger partial charge is 0.311 e. The van der Waals surface area contributed by atoms with Crippen molar-refractivity contribution < 1.29 is 14.3 Å². The number of ether oxygens (including phenoxy) is 1. The highest BCUT2D eigenvalue weighted by atomic mass is 16.5. The number of hydrogen-bond donors (Lipinski definition) is 1. The zero-order chi connectivity index (χ0) is 21.1. The second-order valence-electron chi connectivity index (χ2n) is 7.32. The van der Waals surface area contributed by atoms with E-state index in [1.807, 2.05) is 28.8 Å². The number of imidazole rings is 1. The largest absolute Gasteiger partial charge is 0.465 e. The minimum Gasteiger partial charge on any atom is -0.465 e. The molecule has 1 unspecified atom stereocenters. The zero-order valence-corrected chi connectivity index (χ0v) is 16.8. The predicted molar refractivity (Wildman–Crippen MR) is 112 cm³/mol. The maximum absolute atomic E-state index is 12.4. The minimum absolute atomic E-state index is 0.0524. The first-order valence-corrected chi connectivity index (χ1v) is 10.0. The lowest BCUT2D eigenvalue weighted by Gasteiger charge is -2.17. The summed E-state index contributed by atoms with van der Waals surface area (Å²) in [5.41, 5.74) is 9.03. The molecule has 0 radical (unpaired) electrons. The van der Waals surface area contributed by atoms with Crippen molar-refractivity contribution in [3.63, 3.8) is 0 Å². The molecule has 4 rings (SSSR count). The highest BCUT2D eigenvalue weighted by Crippen LogP contribution is 2.26. The molecule has 1 amide bonds. The van der Waals surface area contributed by atoms with Crippen LogP contribution in [0.5, 0.6) is 0 Å². The molecule has 156 valence electrons. The standard InChI is InChI=1S/C21H24N6O3/c1-2-14-4-6-16(7-5-14)27-11-15(10-17(27)28)21(29)30-9-3-8-26-13-25-18-19(22)23-12-24-20(18)26/h4-7,12-13,15H,2-3,8-11H2,1H3,(H2,22,23,24). The van der Waals surface area contributed by atoms with Gasteiger partial charge in [-0.3, -0.25) is 9.59 Å². The van der Waals surface area contributed by atoms with Crippen LogP contribution in [0.1, 0.15) is 25.3 Å². The first-order valence-electron chi connectivity index (χ1n) is 10.0. The maximum atomic E-state index is 12.4. The average Bonchev–Trinajstić information content (AvgIpc) is 3.36. The molecule has 1 aliphatic rings. The van der Waals surface area contributed by atoms with Gasteiger partial charge in [-0.2, -0.15) is 0 Å². The monoisotopic (exact) mass is 408 g/mol. The van der Waals surface area contributed by atoms with Crippen molar-refractivity contribution in [1.82, 2.24) is 19.5 Å². The lowest BCUT2D eigenvalue weighted by molar-refractivity contribution is -0.148. The van der Waals surface area contributed by atoms with Gasteiger partial charge in [0.05, 0.1) is 18.9 Å². The normalized spacial score (nSPS) is 16.4. The van der Waals surface area contributed by atoms with Gasteiger partial charge >= 0.3 is 5.97 Å². The van der Waals surface area contributed by atoms with Crippen molar-refractivity contribution in [2.45, 2.75) is 32.7 Å². The SMILES string of the molecule is CCc1ccc(N2CC(C(=O)OCCCn3cnc4c(N)ncnc43)CC2=O)cc1. The molecule has 1 aromatic carbocycles. The molecule has 2 aromatic heterocycles. The van der Waals surface area contributed by atoms with Gasteiger partial charge in [0.25, 0.3) is 0 Å². The van der Waals surface area contributed by atoms with Gasteiger partial charge in [0, 0.05) is 25.2 Å². The Bertz CT molecular complexity index is 1060. The maximum Gasteiger partial charge on any atom is 0.311 e. The van der Waals surface area contributed by atoms with Gasteiger partial charge in [0.2, 0.25) is 5.91 Å². The van der Waals surface area contributed by atoms with Gasteiger partial charge in [0.15, 0.2) is 11.5 Å². The molecule has 9 nitrogen and oxygen atoms in total. The molecule has 9 heteroatoms. The number of amides is 1. The summed E-state index contributed by atoms with van der Waals surface area (Å²) in [6.07, 6.45) is 4.77. The third-order valence-corrected chi connectivity index (χ3v) is 5.33. The van der Waals surface area contributed by atoms with E-state index in [-0.39, 0.29) is 24.9 Å². The number of benzene rings is 1. The van der Waals surface area contributed by atoms with Crippen LogP contribution in [0.3, 0.4) is 0 Å². The zero-order valence-electron chi connectivity index (χ0n) is 16.8. The summed E-state index contributed by atoms with van der Waals surface area (Å²) in [6, 6.07) is 7.87. The van der Waals surface area contributed by atoms with Crippen molar-refractivity contribution in [2.75, 3.05) is 23.8 Å². The Morgan fingerprint density at radius 2 is 2.03 bits per heavy atom. The van der Waals surface area contributed by atoms with Gasteiger partial charge in [-0.05, 0) is 30.5 Å². The van der Waals surface area contributed by atoms with Crippen molar-refractivity contribution >= 4 is 34.5 Å². The number of nitrogens with zero attached hydrogens (tertiary/aromatic N) is 5. The van der Waals surface area contributed by atoms with Crippen LogP contribution in [0.15, 0.2) is 36.9 Å². The van der Waals surface area contributed by atoms with Crippen LogP contribution in [-0.2, 0) is 27.3 Å². The molecular weight excluding hydrogens is 384 g/mol. The van der Waals surface area contributed by atoms with E-state index in [1.165, 1.54) is 11.9 Å². The number of nitrogens with two attached hydrogens (primary N) is 1. The fourth-order valence-electron chi connectivity index (χ4n) is 3.61. The molecule has 1 fully saturated rings. The third-order valence-electron chi connectivity index (χ3n) is 5.33. The number of carbonyl (C=O) groups is 2. The van der Waals surface area contributed by atoms with Gasteiger partial charge in [0.1, 0.15) is 11.8 Å². The summed E-state index contributed by atoms with van der Waals surface area (Å²) in [7, 11) is 0. The van der Waals surface area contributed by atoms with Gasteiger partial charge in [-0.1, -0.05) is 19.1 Å². The molecular formula is C21H24N6O3. The highest BCUT2D eigenvalue weighted by molar-refractivity contribution is 5.99. The number of aryl methyl sites for hydroxylation is 2. The lowest BCUT2D eigenvalue weighted by Crippen LogP contribution is -2.26. The molecule has 2 N–H and O–H groups in total. The van der Waals surface area contributed by atoms with E-state index in [0.717, 1.165) is 12.1 Å². The van der Waals surface area contributed by atoms with Crippen LogP contribution >= 0.6 is 0 Å². The van der Waals surface area contributed by atoms with E-state index < -0.39 is 5.92 Å². The second kappa shape index (κ2) is 8.48. The number of rotatable bonds is 7.